The normalized spacial score (nSPS) is 24.3. The van der Waals surface area contributed by atoms with Gasteiger partial charge in [0.25, 0.3) is 0 Å². The summed E-state index contributed by atoms with van der Waals surface area (Å²) in [5.41, 5.74) is 0. The second kappa shape index (κ2) is 10.7. The predicted molar refractivity (Wildman–Crippen MR) is 64.5 cm³/mol. The van der Waals surface area contributed by atoms with E-state index in [1.807, 2.05) is 0 Å². The maximum atomic E-state index is 8.09. The molecule has 2 rings (SSSR count). The van der Waals surface area contributed by atoms with E-state index in [1.165, 1.54) is 0 Å². The van der Waals surface area contributed by atoms with Gasteiger partial charge in [-0.1, -0.05) is 0 Å². The summed E-state index contributed by atoms with van der Waals surface area (Å²) in [6, 6.07) is 0. The molecule has 2 heterocycles. The van der Waals surface area contributed by atoms with Gasteiger partial charge in [0.1, 0.15) is 0 Å². The van der Waals surface area contributed by atoms with Crippen molar-refractivity contribution in [3.63, 3.8) is 0 Å². The minimum Gasteiger partial charge on any atom is -0.394 e. The average molecular weight is 264 g/mol. The second-order valence-electron chi connectivity index (χ2n) is 4.16. The van der Waals surface area contributed by atoms with E-state index < -0.39 is 0 Å². The Bertz CT molecular complexity index is 163. The van der Waals surface area contributed by atoms with Crippen LogP contribution in [0, 0.1) is 0 Å². The predicted octanol–water partition coefficient (Wildman–Crippen LogP) is -0.432. The largest absolute Gasteiger partial charge is 0.394 e. The van der Waals surface area contributed by atoms with Gasteiger partial charge in [-0.25, -0.2) is 0 Å². The summed E-state index contributed by atoms with van der Waals surface area (Å²) in [6.45, 7) is 4.26. The molecule has 0 spiro atoms. The van der Waals surface area contributed by atoms with Crippen molar-refractivity contribution >= 4 is 0 Å². The number of aliphatic hydroxyl groups excluding tert-OH is 2. The van der Waals surface area contributed by atoms with Crippen LogP contribution in [-0.2, 0) is 18.9 Å². The standard InChI is InChI=1S/C8H14O3.C4H10O3/c1(7-5-10-7)3-9-4-2-8-6-11-8;5-1-3-7-4-2-6/h7-8H,1-6H2;5-6H,1-4H2. The smallest absolute Gasteiger partial charge is 0.0831 e. The molecule has 0 aliphatic carbocycles. The van der Waals surface area contributed by atoms with Crippen LogP contribution in [-0.4, -0.2) is 75.3 Å². The molecule has 2 aliphatic heterocycles. The van der Waals surface area contributed by atoms with Gasteiger partial charge >= 0.3 is 0 Å². The molecule has 18 heavy (non-hydrogen) atoms. The Hall–Kier alpha value is -0.240. The van der Waals surface area contributed by atoms with Gasteiger partial charge in [0.2, 0.25) is 0 Å². The number of aliphatic hydroxyl groups is 2. The van der Waals surface area contributed by atoms with Crippen LogP contribution in [0.25, 0.3) is 0 Å². The maximum Gasteiger partial charge on any atom is 0.0831 e. The summed E-state index contributed by atoms with van der Waals surface area (Å²) in [7, 11) is 0. The minimum atomic E-state index is 0.0278. The third kappa shape index (κ3) is 10.9. The molecule has 0 aromatic rings. The molecule has 6 nitrogen and oxygen atoms in total. The molecule has 2 fully saturated rings. The lowest BCUT2D eigenvalue weighted by Crippen LogP contribution is -2.03. The highest BCUT2D eigenvalue weighted by atomic mass is 16.6. The van der Waals surface area contributed by atoms with Crippen molar-refractivity contribution in [3.05, 3.63) is 0 Å². The van der Waals surface area contributed by atoms with Gasteiger partial charge in [-0.2, -0.15) is 0 Å². The first kappa shape index (κ1) is 15.8. The molecule has 2 saturated heterocycles. The van der Waals surface area contributed by atoms with E-state index in [2.05, 4.69) is 4.74 Å². The Morgan fingerprint density at radius 1 is 0.778 bits per heavy atom. The molecule has 0 radical (unpaired) electrons. The second-order valence-corrected chi connectivity index (χ2v) is 4.16. The average Bonchev–Trinajstić information content (AvgIpc) is 3.25. The van der Waals surface area contributed by atoms with Crippen molar-refractivity contribution in [2.24, 2.45) is 0 Å². The van der Waals surface area contributed by atoms with Gasteiger partial charge in [-0.3, -0.25) is 0 Å². The number of epoxide rings is 2. The fourth-order valence-electron chi connectivity index (χ4n) is 1.23. The molecule has 0 bridgehead atoms. The Balaban J connectivity index is 0.000000203. The van der Waals surface area contributed by atoms with Crippen LogP contribution in [0.15, 0.2) is 0 Å². The molecule has 0 amide bonds. The van der Waals surface area contributed by atoms with E-state index >= 15 is 0 Å². The first-order valence-corrected chi connectivity index (χ1v) is 6.47. The SMILES string of the molecule is C(CC1CO1)OCCC1CO1.OCCOCCO. The van der Waals surface area contributed by atoms with E-state index in [-0.39, 0.29) is 13.2 Å². The zero-order chi connectivity index (χ0) is 13.1. The van der Waals surface area contributed by atoms with Crippen LogP contribution in [0.3, 0.4) is 0 Å². The fraction of sp³-hybridized carbons (Fsp3) is 1.00. The topological polar surface area (TPSA) is 84.0 Å². The van der Waals surface area contributed by atoms with Crippen molar-refractivity contribution in [1.29, 1.82) is 0 Å². The first-order chi connectivity index (χ1) is 8.86. The van der Waals surface area contributed by atoms with Crippen molar-refractivity contribution < 1.29 is 29.2 Å². The lowest BCUT2D eigenvalue weighted by Gasteiger charge is -1.99. The molecule has 6 heteroatoms. The van der Waals surface area contributed by atoms with Crippen LogP contribution in [0.5, 0.6) is 0 Å². The van der Waals surface area contributed by atoms with E-state index in [0.29, 0.717) is 25.4 Å². The van der Waals surface area contributed by atoms with Crippen molar-refractivity contribution in [2.45, 2.75) is 25.0 Å². The highest BCUT2D eigenvalue weighted by Gasteiger charge is 2.23. The molecule has 2 unspecified atom stereocenters. The summed E-state index contributed by atoms with van der Waals surface area (Å²) >= 11 is 0. The zero-order valence-corrected chi connectivity index (χ0v) is 10.8. The van der Waals surface area contributed by atoms with Gasteiger partial charge in [-0.15, -0.1) is 0 Å². The van der Waals surface area contributed by atoms with Crippen LogP contribution in [0.4, 0.5) is 0 Å². The molecule has 2 N–H and O–H groups in total. The molecular weight excluding hydrogens is 240 g/mol. The third-order valence-electron chi connectivity index (χ3n) is 2.44. The van der Waals surface area contributed by atoms with Gasteiger partial charge in [0, 0.05) is 13.2 Å². The number of hydrogen-bond acceptors (Lipinski definition) is 6. The van der Waals surface area contributed by atoms with E-state index in [9.17, 15) is 0 Å². The highest BCUT2D eigenvalue weighted by Crippen LogP contribution is 2.15. The summed E-state index contributed by atoms with van der Waals surface area (Å²) in [5, 5.41) is 16.2. The van der Waals surface area contributed by atoms with Gasteiger partial charge in [0.05, 0.1) is 51.8 Å². The van der Waals surface area contributed by atoms with Crippen molar-refractivity contribution in [1.82, 2.24) is 0 Å². The minimum absolute atomic E-state index is 0.0278. The molecule has 0 aromatic carbocycles. The zero-order valence-electron chi connectivity index (χ0n) is 10.8. The summed E-state index contributed by atoms with van der Waals surface area (Å²) in [5.74, 6) is 0. The van der Waals surface area contributed by atoms with Crippen LogP contribution in [0.2, 0.25) is 0 Å². The van der Waals surface area contributed by atoms with Crippen LogP contribution >= 0.6 is 0 Å². The lowest BCUT2D eigenvalue weighted by atomic mass is 10.3. The monoisotopic (exact) mass is 264 g/mol. The Labute approximate surface area is 108 Å². The molecule has 2 atom stereocenters. The number of hydrogen-bond donors (Lipinski definition) is 2. The first-order valence-electron chi connectivity index (χ1n) is 6.47. The van der Waals surface area contributed by atoms with Crippen LogP contribution < -0.4 is 0 Å². The van der Waals surface area contributed by atoms with Gasteiger partial charge in [-0.05, 0) is 12.8 Å². The Morgan fingerprint density at radius 2 is 1.17 bits per heavy atom. The van der Waals surface area contributed by atoms with Crippen molar-refractivity contribution in [3.8, 4) is 0 Å². The van der Waals surface area contributed by atoms with E-state index in [0.717, 1.165) is 39.3 Å². The highest BCUT2D eigenvalue weighted by molar-refractivity contribution is 4.69. The van der Waals surface area contributed by atoms with E-state index in [4.69, 9.17) is 24.4 Å². The van der Waals surface area contributed by atoms with Gasteiger partial charge < -0.3 is 29.2 Å². The lowest BCUT2D eigenvalue weighted by molar-refractivity contribution is 0.0650. The summed E-state index contributed by atoms with van der Waals surface area (Å²) < 4.78 is 20.1. The van der Waals surface area contributed by atoms with Gasteiger partial charge in [0.15, 0.2) is 0 Å². The molecule has 2 aliphatic rings. The van der Waals surface area contributed by atoms with E-state index in [1.54, 1.807) is 0 Å². The molecular formula is C12H24O6. The molecule has 0 saturated carbocycles. The summed E-state index contributed by atoms with van der Waals surface area (Å²) in [4.78, 5) is 0. The number of rotatable bonds is 10. The fourth-order valence-corrected chi connectivity index (χ4v) is 1.23. The van der Waals surface area contributed by atoms with Crippen molar-refractivity contribution in [2.75, 3.05) is 52.9 Å². The third-order valence-corrected chi connectivity index (χ3v) is 2.44. The Kier molecular flexibility index (Phi) is 9.37. The molecule has 0 aromatic heterocycles. The Morgan fingerprint density at radius 3 is 1.50 bits per heavy atom. The molecule has 108 valence electrons. The number of ether oxygens (including phenoxy) is 4. The summed E-state index contributed by atoms with van der Waals surface area (Å²) in [6.07, 6.45) is 3.14. The van der Waals surface area contributed by atoms with Crippen LogP contribution in [0.1, 0.15) is 12.8 Å². The maximum absolute atomic E-state index is 8.09. The quantitative estimate of drug-likeness (QED) is 0.411.